The summed E-state index contributed by atoms with van der Waals surface area (Å²) in [6.45, 7) is 0.258. The van der Waals surface area contributed by atoms with Gasteiger partial charge < -0.3 is 5.32 Å². The average molecular weight is 305 g/mol. The van der Waals surface area contributed by atoms with E-state index in [0.29, 0.717) is 10.6 Å². The zero-order valence-electron chi connectivity index (χ0n) is 10.9. The molecule has 2 nitrogen and oxygen atoms in total. The first kappa shape index (κ1) is 13.8. The maximum atomic E-state index is 13.6. The van der Waals surface area contributed by atoms with Crippen molar-refractivity contribution in [2.75, 3.05) is 5.32 Å². The molecule has 0 atom stereocenters. The highest BCUT2D eigenvalue weighted by atomic mass is 35.5. The van der Waals surface area contributed by atoms with Gasteiger partial charge in [0.05, 0.1) is 5.52 Å². The minimum Gasteiger partial charge on any atom is -0.380 e. The number of benzene rings is 2. The van der Waals surface area contributed by atoms with Gasteiger partial charge in [-0.05, 0) is 30.3 Å². The second kappa shape index (κ2) is 5.66. The predicted octanol–water partition coefficient (Wildman–Crippen LogP) is 4.78. The Kier molecular flexibility index (Phi) is 3.71. The molecule has 5 heteroatoms. The number of fused-ring (bicyclic) bond motifs is 1. The number of aromatic nitrogens is 1. The molecule has 0 unspecified atom stereocenters. The highest BCUT2D eigenvalue weighted by molar-refractivity contribution is 6.31. The van der Waals surface area contributed by atoms with E-state index in [2.05, 4.69) is 10.3 Å². The summed E-state index contributed by atoms with van der Waals surface area (Å²) in [5.41, 5.74) is 1.97. The van der Waals surface area contributed by atoms with Crippen molar-refractivity contribution >= 4 is 28.2 Å². The summed E-state index contributed by atoms with van der Waals surface area (Å²) in [4.78, 5) is 4.24. The summed E-state index contributed by atoms with van der Waals surface area (Å²) < 4.78 is 26.5. The summed E-state index contributed by atoms with van der Waals surface area (Å²) >= 11 is 5.93. The van der Waals surface area contributed by atoms with Crippen LogP contribution in [0, 0.1) is 11.6 Å². The minimum atomic E-state index is -0.583. The molecule has 1 N–H and O–H groups in total. The molecule has 0 spiro atoms. The van der Waals surface area contributed by atoms with Gasteiger partial charge in [0.1, 0.15) is 11.6 Å². The van der Waals surface area contributed by atoms with Crippen LogP contribution in [0.5, 0.6) is 0 Å². The molecule has 0 fully saturated rings. The van der Waals surface area contributed by atoms with Gasteiger partial charge >= 0.3 is 0 Å². The van der Waals surface area contributed by atoms with Gasteiger partial charge in [-0.25, -0.2) is 8.78 Å². The smallest absolute Gasteiger partial charge is 0.131 e. The van der Waals surface area contributed by atoms with Crippen molar-refractivity contribution in [2.24, 2.45) is 0 Å². The summed E-state index contributed by atoms with van der Waals surface area (Å²) in [5.74, 6) is -1.15. The van der Waals surface area contributed by atoms with E-state index in [4.69, 9.17) is 11.6 Å². The lowest BCUT2D eigenvalue weighted by molar-refractivity contribution is 0.574. The van der Waals surface area contributed by atoms with Crippen molar-refractivity contribution in [1.82, 2.24) is 4.98 Å². The second-order valence-corrected chi connectivity index (χ2v) is 5.05. The van der Waals surface area contributed by atoms with Crippen molar-refractivity contribution in [3.05, 3.63) is 70.9 Å². The van der Waals surface area contributed by atoms with E-state index in [-0.39, 0.29) is 6.54 Å². The molecule has 106 valence electrons. The summed E-state index contributed by atoms with van der Waals surface area (Å²) in [5, 5.41) is 4.64. The monoisotopic (exact) mass is 304 g/mol. The standard InChI is InChI=1S/C16H11ClF2N2/c17-11-2-4-13-15(5-6-20-16(13)7-11)21-9-10-1-3-12(18)8-14(10)19/h1-8H,9H2,(H,20,21). The fourth-order valence-corrected chi connectivity index (χ4v) is 2.30. The number of pyridine rings is 1. The third kappa shape index (κ3) is 2.95. The van der Waals surface area contributed by atoms with E-state index in [0.717, 1.165) is 22.7 Å². The Labute approximate surface area is 125 Å². The van der Waals surface area contributed by atoms with E-state index in [1.54, 1.807) is 24.4 Å². The Hall–Kier alpha value is -2.20. The highest BCUT2D eigenvalue weighted by Crippen LogP contribution is 2.25. The van der Waals surface area contributed by atoms with E-state index < -0.39 is 11.6 Å². The summed E-state index contributed by atoms with van der Waals surface area (Å²) in [7, 11) is 0. The van der Waals surface area contributed by atoms with Crippen molar-refractivity contribution < 1.29 is 8.78 Å². The Morgan fingerprint density at radius 2 is 1.90 bits per heavy atom. The van der Waals surface area contributed by atoms with Gasteiger partial charge in [0.15, 0.2) is 0 Å². The lowest BCUT2D eigenvalue weighted by Gasteiger charge is -2.10. The molecular weight excluding hydrogens is 294 g/mol. The second-order valence-electron chi connectivity index (χ2n) is 4.61. The first-order chi connectivity index (χ1) is 10.1. The largest absolute Gasteiger partial charge is 0.380 e. The third-order valence-corrected chi connectivity index (χ3v) is 3.42. The van der Waals surface area contributed by atoms with E-state index in [1.807, 2.05) is 6.07 Å². The fraction of sp³-hybridized carbons (Fsp3) is 0.0625. The summed E-state index contributed by atoms with van der Waals surface area (Å²) in [6.07, 6.45) is 1.65. The van der Waals surface area contributed by atoms with Crippen molar-refractivity contribution in [1.29, 1.82) is 0 Å². The molecule has 0 saturated heterocycles. The third-order valence-electron chi connectivity index (χ3n) is 3.19. The Bertz CT molecular complexity index is 805. The van der Waals surface area contributed by atoms with Gasteiger partial charge in [0.2, 0.25) is 0 Å². The molecule has 3 rings (SSSR count). The maximum Gasteiger partial charge on any atom is 0.131 e. The van der Waals surface area contributed by atoms with Crippen LogP contribution in [0.3, 0.4) is 0 Å². The lowest BCUT2D eigenvalue weighted by atomic mass is 10.1. The molecule has 1 aromatic heterocycles. The van der Waals surface area contributed by atoms with Crippen LogP contribution in [0.25, 0.3) is 10.9 Å². The first-order valence-electron chi connectivity index (χ1n) is 6.35. The number of hydrogen-bond acceptors (Lipinski definition) is 2. The molecule has 0 radical (unpaired) electrons. The van der Waals surface area contributed by atoms with E-state index >= 15 is 0 Å². The quantitative estimate of drug-likeness (QED) is 0.753. The van der Waals surface area contributed by atoms with Gasteiger partial charge in [0.25, 0.3) is 0 Å². The van der Waals surface area contributed by atoms with Gasteiger partial charge in [-0.15, -0.1) is 0 Å². The molecule has 0 aliphatic heterocycles. The van der Waals surface area contributed by atoms with Gasteiger partial charge in [-0.2, -0.15) is 0 Å². The van der Waals surface area contributed by atoms with Crippen LogP contribution >= 0.6 is 11.6 Å². The van der Waals surface area contributed by atoms with Gasteiger partial charge in [-0.1, -0.05) is 17.7 Å². The number of anilines is 1. The SMILES string of the molecule is Fc1ccc(CNc2ccnc3cc(Cl)ccc23)c(F)c1. The number of nitrogens with zero attached hydrogens (tertiary/aromatic N) is 1. The predicted molar refractivity (Wildman–Crippen MR) is 80.4 cm³/mol. The van der Waals surface area contributed by atoms with Crippen LogP contribution in [0.2, 0.25) is 5.02 Å². The molecule has 0 aliphatic carbocycles. The van der Waals surface area contributed by atoms with Crippen LogP contribution in [-0.2, 0) is 6.54 Å². The highest BCUT2D eigenvalue weighted by Gasteiger charge is 2.06. The molecular formula is C16H11ClF2N2. The zero-order chi connectivity index (χ0) is 14.8. The number of nitrogens with one attached hydrogen (secondary N) is 1. The molecule has 0 aliphatic rings. The van der Waals surface area contributed by atoms with Crippen molar-refractivity contribution in [3.8, 4) is 0 Å². The fourth-order valence-electron chi connectivity index (χ4n) is 2.13. The molecule has 1 heterocycles. The average Bonchev–Trinajstić information content (AvgIpc) is 2.46. The molecule has 0 saturated carbocycles. The van der Waals surface area contributed by atoms with Crippen LogP contribution in [0.15, 0.2) is 48.7 Å². The molecule has 0 amide bonds. The van der Waals surface area contributed by atoms with E-state index in [9.17, 15) is 8.78 Å². The first-order valence-corrected chi connectivity index (χ1v) is 6.73. The molecule has 21 heavy (non-hydrogen) atoms. The zero-order valence-corrected chi connectivity index (χ0v) is 11.7. The van der Waals surface area contributed by atoms with Crippen LogP contribution < -0.4 is 5.32 Å². The minimum absolute atomic E-state index is 0.258. The van der Waals surface area contributed by atoms with Crippen molar-refractivity contribution in [3.63, 3.8) is 0 Å². The van der Waals surface area contributed by atoms with Gasteiger partial charge in [0, 0.05) is 40.5 Å². The number of halogens is 3. The van der Waals surface area contributed by atoms with E-state index in [1.165, 1.54) is 12.1 Å². The Balaban J connectivity index is 1.88. The Morgan fingerprint density at radius 3 is 2.71 bits per heavy atom. The summed E-state index contributed by atoms with van der Waals surface area (Å²) in [6, 6.07) is 10.7. The van der Waals surface area contributed by atoms with Crippen LogP contribution in [0.4, 0.5) is 14.5 Å². The van der Waals surface area contributed by atoms with Crippen molar-refractivity contribution in [2.45, 2.75) is 6.54 Å². The Morgan fingerprint density at radius 1 is 1.05 bits per heavy atom. The number of rotatable bonds is 3. The van der Waals surface area contributed by atoms with Crippen LogP contribution in [0.1, 0.15) is 5.56 Å². The number of hydrogen-bond donors (Lipinski definition) is 1. The van der Waals surface area contributed by atoms with Gasteiger partial charge in [-0.3, -0.25) is 4.98 Å². The molecule has 3 aromatic rings. The van der Waals surface area contributed by atoms with Crippen LogP contribution in [-0.4, -0.2) is 4.98 Å². The maximum absolute atomic E-state index is 13.6. The normalized spacial score (nSPS) is 10.8. The molecule has 2 aromatic carbocycles. The lowest BCUT2D eigenvalue weighted by Crippen LogP contribution is -2.03. The topological polar surface area (TPSA) is 24.9 Å². The molecule has 0 bridgehead atoms.